The van der Waals surface area contributed by atoms with Gasteiger partial charge in [0.15, 0.2) is 0 Å². The molecule has 0 aromatic carbocycles. The molecular weight excluding hydrogens is 214 g/mol. The van der Waals surface area contributed by atoms with E-state index in [4.69, 9.17) is 21.1 Å². The van der Waals surface area contributed by atoms with Crippen LogP contribution in [0.4, 0.5) is 0 Å². The SMILES string of the molecule is COCCCOCCN(CCCl)C(C)C. The molecule has 0 radical (unpaired) electrons. The van der Waals surface area contributed by atoms with Crippen LogP contribution in [0.2, 0.25) is 0 Å². The van der Waals surface area contributed by atoms with Crippen molar-refractivity contribution < 1.29 is 9.47 Å². The minimum atomic E-state index is 0.534. The zero-order valence-electron chi connectivity index (χ0n) is 10.2. The minimum Gasteiger partial charge on any atom is -0.385 e. The molecule has 0 spiro atoms. The lowest BCUT2D eigenvalue weighted by Crippen LogP contribution is -2.35. The summed E-state index contributed by atoms with van der Waals surface area (Å²) in [6.45, 7) is 8.57. The summed E-state index contributed by atoms with van der Waals surface area (Å²) in [4.78, 5) is 2.32. The van der Waals surface area contributed by atoms with E-state index < -0.39 is 0 Å². The molecule has 0 rings (SSSR count). The Bertz CT molecular complexity index is 134. The summed E-state index contributed by atoms with van der Waals surface area (Å²) >= 11 is 5.72. The molecule has 0 saturated heterocycles. The van der Waals surface area contributed by atoms with E-state index in [1.54, 1.807) is 7.11 Å². The Morgan fingerprint density at radius 2 is 1.87 bits per heavy atom. The molecule has 0 N–H and O–H groups in total. The maximum atomic E-state index is 5.72. The Morgan fingerprint density at radius 3 is 2.40 bits per heavy atom. The Morgan fingerprint density at radius 1 is 1.13 bits per heavy atom. The van der Waals surface area contributed by atoms with E-state index in [0.717, 1.165) is 39.3 Å². The van der Waals surface area contributed by atoms with Crippen LogP contribution in [-0.2, 0) is 9.47 Å². The molecule has 0 atom stereocenters. The zero-order valence-corrected chi connectivity index (χ0v) is 10.9. The normalized spacial score (nSPS) is 11.6. The second kappa shape index (κ2) is 10.7. The first-order valence-electron chi connectivity index (χ1n) is 5.59. The molecular formula is C11H24ClNO2. The van der Waals surface area contributed by atoms with Crippen molar-refractivity contribution in [2.45, 2.75) is 26.3 Å². The van der Waals surface area contributed by atoms with Gasteiger partial charge in [-0.1, -0.05) is 0 Å². The summed E-state index contributed by atoms with van der Waals surface area (Å²) < 4.78 is 10.4. The van der Waals surface area contributed by atoms with Gasteiger partial charge in [0.1, 0.15) is 0 Å². The van der Waals surface area contributed by atoms with Crippen LogP contribution in [-0.4, -0.2) is 56.8 Å². The highest BCUT2D eigenvalue weighted by molar-refractivity contribution is 6.18. The first-order chi connectivity index (χ1) is 7.22. The lowest BCUT2D eigenvalue weighted by Gasteiger charge is -2.25. The molecule has 92 valence electrons. The fourth-order valence-electron chi connectivity index (χ4n) is 1.33. The third-order valence-electron chi connectivity index (χ3n) is 2.26. The van der Waals surface area contributed by atoms with Crippen LogP contribution in [0.3, 0.4) is 0 Å². The highest BCUT2D eigenvalue weighted by Gasteiger charge is 2.07. The molecule has 0 bridgehead atoms. The smallest absolute Gasteiger partial charge is 0.0593 e. The topological polar surface area (TPSA) is 21.7 Å². The predicted octanol–water partition coefficient (Wildman–Crippen LogP) is 1.99. The van der Waals surface area contributed by atoms with Crippen molar-refractivity contribution in [1.29, 1.82) is 0 Å². The number of halogens is 1. The summed E-state index contributed by atoms with van der Waals surface area (Å²) in [5, 5.41) is 0. The number of rotatable bonds is 10. The van der Waals surface area contributed by atoms with Gasteiger partial charge in [0.05, 0.1) is 6.61 Å². The van der Waals surface area contributed by atoms with Gasteiger partial charge in [-0.3, -0.25) is 4.90 Å². The molecule has 0 unspecified atom stereocenters. The lowest BCUT2D eigenvalue weighted by atomic mass is 10.3. The van der Waals surface area contributed by atoms with E-state index >= 15 is 0 Å². The van der Waals surface area contributed by atoms with E-state index in [9.17, 15) is 0 Å². The van der Waals surface area contributed by atoms with Gasteiger partial charge in [-0.15, -0.1) is 11.6 Å². The first kappa shape index (κ1) is 15.2. The quantitative estimate of drug-likeness (QED) is 0.429. The van der Waals surface area contributed by atoms with E-state index in [0.29, 0.717) is 11.9 Å². The number of alkyl halides is 1. The first-order valence-corrected chi connectivity index (χ1v) is 6.12. The standard InChI is InChI=1S/C11H24ClNO2/c1-11(2)13(6-5-12)7-10-15-9-4-8-14-3/h11H,4-10H2,1-3H3. The molecule has 15 heavy (non-hydrogen) atoms. The maximum absolute atomic E-state index is 5.72. The van der Waals surface area contributed by atoms with Crippen molar-refractivity contribution in [3.63, 3.8) is 0 Å². The molecule has 0 saturated carbocycles. The van der Waals surface area contributed by atoms with Crippen molar-refractivity contribution in [3.8, 4) is 0 Å². The van der Waals surface area contributed by atoms with Crippen molar-refractivity contribution in [1.82, 2.24) is 4.90 Å². The Balaban J connectivity index is 3.37. The van der Waals surface area contributed by atoms with Gasteiger partial charge >= 0.3 is 0 Å². The molecule has 0 aliphatic rings. The summed E-state index contributed by atoms with van der Waals surface area (Å²) in [7, 11) is 1.71. The fraction of sp³-hybridized carbons (Fsp3) is 1.00. The molecule has 0 aromatic heterocycles. The number of ether oxygens (including phenoxy) is 2. The van der Waals surface area contributed by atoms with Crippen molar-refractivity contribution in [2.24, 2.45) is 0 Å². The predicted molar refractivity (Wildman–Crippen MR) is 64.7 cm³/mol. The minimum absolute atomic E-state index is 0.534. The average Bonchev–Trinajstić information content (AvgIpc) is 2.21. The number of methoxy groups -OCH3 is 1. The van der Waals surface area contributed by atoms with Crippen LogP contribution < -0.4 is 0 Å². The second-order valence-corrected chi connectivity index (χ2v) is 4.16. The van der Waals surface area contributed by atoms with E-state index in [2.05, 4.69) is 18.7 Å². The van der Waals surface area contributed by atoms with E-state index in [-0.39, 0.29) is 0 Å². The van der Waals surface area contributed by atoms with Gasteiger partial charge in [-0.25, -0.2) is 0 Å². The number of nitrogens with zero attached hydrogens (tertiary/aromatic N) is 1. The molecule has 0 aliphatic heterocycles. The van der Waals surface area contributed by atoms with Crippen LogP contribution in [0.1, 0.15) is 20.3 Å². The molecule has 0 aliphatic carbocycles. The van der Waals surface area contributed by atoms with Crippen LogP contribution in [0.15, 0.2) is 0 Å². The molecule has 4 heteroatoms. The van der Waals surface area contributed by atoms with Crippen molar-refractivity contribution in [2.75, 3.05) is 45.9 Å². The molecule has 0 amide bonds. The Kier molecular flexibility index (Phi) is 10.8. The van der Waals surface area contributed by atoms with Gasteiger partial charge < -0.3 is 9.47 Å². The summed E-state index contributed by atoms with van der Waals surface area (Å²) in [5.74, 6) is 0.682. The third-order valence-corrected chi connectivity index (χ3v) is 2.43. The van der Waals surface area contributed by atoms with Crippen LogP contribution in [0, 0.1) is 0 Å². The average molecular weight is 238 g/mol. The summed E-state index contributed by atoms with van der Waals surface area (Å²) in [6, 6.07) is 0.534. The summed E-state index contributed by atoms with van der Waals surface area (Å²) in [6.07, 6.45) is 0.966. The van der Waals surface area contributed by atoms with Crippen LogP contribution >= 0.6 is 11.6 Å². The Hall–Kier alpha value is 0.170. The molecule has 0 fully saturated rings. The van der Waals surface area contributed by atoms with Crippen LogP contribution in [0.5, 0.6) is 0 Å². The molecule has 0 aromatic rings. The summed E-state index contributed by atoms with van der Waals surface area (Å²) in [5.41, 5.74) is 0. The van der Waals surface area contributed by atoms with Gasteiger partial charge in [0.25, 0.3) is 0 Å². The fourth-order valence-corrected chi connectivity index (χ4v) is 1.54. The largest absolute Gasteiger partial charge is 0.385 e. The van der Waals surface area contributed by atoms with Crippen molar-refractivity contribution >= 4 is 11.6 Å². The van der Waals surface area contributed by atoms with Crippen LogP contribution in [0.25, 0.3) is 0 Å². The third kappa shape index (κ3) is 9.12. The van der Waals surface area contributed by atoms with E-state index in [1.165, 1.54) is 0 Å². The number of hydrogen-bond donors (Lipinski definition) is 0. The highest BCUT2D eigenvalue weighted by Crippen LogP contribution is 1.98. The molecule has 0 heterocycles. The van der Waals surface area contributed by atoms with Gasteiger partial charge in [0, 0.05) is 45.3 Å². The van der Waals surface area contributed by atoms with Gasteiger partial charge in [-0.2, -0.15) is 0 Å². The monoisotopic (exact) mass is 237 g/mol. The molecule has 3 nitrogen and oxygen atoms in total. The maximum Gasteiger partial charge on any atom is 0.0593 e. The van der Waals surface area contributed by atoms with Gasteiger partial charge in [0.2, 0.25) is 0 Å². The van der Waals surface area contributed by atoms with Gasteiger partial charge in [-0.05, 0) is 20.3 Å². The van der Waals surface area contributed by atoms with Crippen molar-refractivity contribution in [3.05, 3.63) is 0 Å². The Labute approximate surface area is 98.7 Å². The second-order valence-electron chi connectivity index (χ2n) is 3.78. The lowest BCUT2D eigenvalue weighted by molar-refractivity contribution is 0.0781. The van der Waals surface area contributed by atoms with E-state index in [1.807, 2.05) is 0 Å². The number of hydrogen-bond acceptors (Lipinski definition) is 3. The highest BCUT2D eigenvalue weighted by atomic mass is 35.5. The zero-order chi connectivity index (χ0) is 11.5.